The third kappa shape index (κ3) is 2.09. The molecule has 0 fully saturated rings. The van der Waals surface area contributed by atoms with Crippen molar-refractivity contribution >= 4 is 17.6 Å². The maximum atomic E-state index is 10.9. The Bertz CT molecular complexity index is 505. The van der Waals surface area contributed by atoms with Crippen molar-refractivity contribution in [1.82, 2.24) is 4.57 Å². The molecule has 2 rings (SSSR count). The molecule has 4 heteroatoms. The third-order valence-corrected chi connectivity index (χ3v) is 2.66. The summed E-state index contributed by atoms with van der Waals surface area (Å²) >= 11 is 5.94. The maximum Gasteiger partial charge on any atom is 0.352 e. The number of rotatable bonds is 3. The SMILES string of the molecule is O=C(O)c1ccc(Cl)n1Cc1ccccc1. The van der Waals surface area contributed by atoms with E-state index in [1.165, 1.54) is 6.07 Å². The van der Waals surface area contributed by atoms with Crippen molar-refractivity contribution in [2.75, 3.05) is 0 Å². The van der Waals surface area contributed by atoms with Crippen LogP contribution < -0.4 is 0 Å². The summed E-state index contributed by atoms with van der Waals surface area (Å²) < 4.78 is 1.57. The molecule has 0 bridgehead atoms. The average Bonchev–Trinajstić information content (AvgIpc) is 2.62. The number of carboxylic acid groups (broad SMARTS) is 1. The minimum Gasteiger partial charge on any atom is -0.477 e. The predicted octanol–water partition coefficient (Wildman–Crippen LogP) is 2.89. The van der Waals surface area contributed by atoms with Gasteiger partial charge in [0.05, 0.1) is 0 Å². The normalized spacial score (nSPS) is 10.3. The highest BCUT2D eigenvalue weighted by atomic mass is 35.5. The highest BCUT2D eigenvalue weighted by molar-refractivity contribution is 6.30. The van der Waals surface area contributed by atoms with Crippen LogP contribution >= 0.6 is 11.6 Å². The zero-order chi connectivity index (χ0) is 11.5. The largest absolute Gasteiger partial charge is 0.477 e. The molecule has 0 unspecified atom stereocenters. The second kappa shape index (κ2) is 4.41. The summed E-state index contributed by atoms with van der Waals surface area (Å²) in [5, 5.41) is 9.41. The number of hydrogen-bond acceptors (Lipinski definition) is 1. The number of aromatic carboxylic acids is 1. The zero-order valence-electron chi connectivity index (χ0n) is 8.43. The standard InChI is InChI=1S/C12H10ClNO2/c13-11-7-6-10(12(15)16)14(11)8-9-4-2-1-3-5-9/h1-7H,8H2,(H,15,16). The molecule has 3 nitrogen and oxygen atoms in total. The lowest BCUT2D eigenvalue weighted by molar-refractivity contribution is 0.0685. The van der Waals surface area contributed by atoms with E-state index in [0.717, 1.165) is 5.56 Å². The molecular weight excluding hydrogens is 226 g/mol. The van der Waals surface area contributed by atoms with Gasteiger partial charge in [0.1, 0.15) is 10.8 Å². The maximum absolute atomic E-state index is 10.9. The van der Waals surface area contributed by atoms with Crippen LogP contribution in [0.1, 0.15) is 16.1 Å². The lowest BCUT2D eigenvalue weighted by Crippen LogP contribution is -2.09. The first-order valence-corrected chi connectivity index (χ1v) is 5.18. The number of benzene rings is 1. The van der Waals surface area contributed by atoms with Crippen molar-refractivity contribution in [3.05, 3.63) is 58.9 Å². The minimum absolute atomic E-state index is 0.203. The molecule has 2 aromatic rings. The summed E-state index contributed by atoms with van der Waals surface area (Å²) in [4.78, 5) is 10.9. The fraction of sp³-hybridized carbons (Fsp3) is 0.0833. The Morgan fingerprint density at radius 3 is 2.50 bits per heavy atom. The smallest absolute Gasteiger partial charge is 0.352 e. The van der Waals surface area contributed by atoms with Crippen LogP contribution in [0, 0.1) is 0 Å². The summed E-state index contributed by atoms with van der Waals surface area (Å²) in [5.74, 6) is -0.970. The fourth-order valence-corrected chi connectivity index (χ4v) is 1.77. The van der Waals surface area contributed by atoms with Crippen molar-refractivity contribution in [2.45, 2.75) is 6.54 Å². The second-order valence-electron chi connectivity index (χ2n) is 3.42. The van der Waals surface area contributed by atoms with Crippen LogP contribution in [-0.4, -0.2) is 15.6 Å². The van der Waals surface area contributed by atoms with Gasteiger partial charge in [-0.2, -0.15) is 0 Å². The molecular formula is C12H10ClNO2. The summed E-state index contributed by atoms with van der Waals surface area (Å²) in [5.41, 5.74) is 1.22. The van der Waals surface area contributed by atoms with Crippen LogP contribution in [0.5, 0.6) is 0 Å². The molecule has 0 radical (unpaired) electrons. The van der Waals surface area contributed by atoms with E-state index in [4.69, 9.17) is 16.7 Å². The molecule has 0 saturated carbocycles. The first-order valence-electron chi connectivity index (χ1n) is 4.81. The van der Waals surface area contributed by atoms with E-state index in [1.807, 2.05) is 30.3 Å². The van der Waals surface area contributed by atoms with Crippen LogP contribution in [0.4, 0.5) is 0 Å². The van der Waals surface area contributed by atoms with Gasteiger partial charge in [-0.05, 0) is 17.7 Å². The molecule has 0 aliphatic heterocycles. The van der Waals surface area contributed by atoms with E-state index >= 15 is 0 Å². The van der Waals surface area contributed by atoms with E-state index in [-0.39, 0.29) is 5.69 Å². The van der Waals surface area contributed by atoms with Gasteiger partial charge in [-0.25, -0.2) is 4.79 Å². The van der Waals surface area contributed by atoms with E-state index in [2.05, 4.69) is 0 Å². The van der Waals surface area contributed by atoms with Gasteiger partial charge in [0.25, 0.3) is 0 Å². The Labute approximate surface area is 97.9 Å². The molecule has 0 aliphatic carbocycles. The summed E-state index contributed by atoms with van der Waals surface area (Å²) in [6.45, 7) is 0.467. The van der Waals surface area contributed by atoms with Crippen molar-refractivity contribution in [2.24, 2.45) is 0 Å². The molecule has 0 aliphatic rings. The Hall–Kier alpha value is -1.74. The highest BCUT2D eigenvalue weighted by Gasteiger charge is 2.12. The average molecular weight is 236 g/mol. The molecule has 1 aromatic carbocycles. The van der Waals surface area contributed by atoms with Gasteiger partial charge >= 0.3 is 5.97 Å². The Balaban J connectivity index is 2.34. The van der Waals surface area contributed by atoms with Gasteiger partial charge in [0.2, 0.25) is 0 Å². The van der Waals surface area contributed by atoms with E-state index in [9.17, 15) is 4.79 Å². The van der Waals surface area contributed by atoms with Crippen molar-refractivity contribution in [1.29, 1.82) is 0 Å². The lowest BCUT2D eigenvalue weighted by Gasteiger charge is -2.07. The quantitative estimate of drug-likeness (QED) is 0.889. The number of halogens is 1. The molecule has 16 heavy (non-hydrogen) atoms. The molecule has 0 atom stereocenters. The number of aromatic nitrogens is 1. The van der Waals surface area contributed by atoms with Gasteiger partial charge < -0.3 is 9.67 Å². The van der Waals surface area contributed by atoms with Gasteiger partial charge in [0.15, 0.2) is 0 Å². The zero-order valence-corrected chi connectivity index (χ0v) is 9.19. The topological polar surface area (TPSA) is 42.2 Å². The van der Waals surface area contributed by atoms with Crippen LogP contribution in [-0.2, 0) is 6.54 Å². The molecule has 1 N–H and O–H groups in total. The first kappa shape index (κ1) is 10.8. The molecule has 0 amide bonds. The lowest BCUT2D eigenvalue weighted by atomic mass is 10.2. The molecule has 1 aromatic heterocycles. The van der Waals surface area contributed by atoms with E-state index < -0.39 is 5.97 Å². The monoisotopic (exact) mass is 235 g/mol. The van der Waals surface area contributed by atoms with Crippen molar-refractivity contribution in [3.63, 3.8) is 0 Å². The van der Waals surface area contributed by atoms with Gasteiger partial charge in [-0.15, -0.1) is 0 Å². The number of hydrogen-bond donors (Lipinski definition) is 1. The number of carbonyl (C=O) groups is 1. The highest BCUT2D eigenvalue weighted by Crippen LogP contribution is 2.17. The second-order valence-corrected chi connectivity index (χ2v) is 3.81. The summed E-state index contributed by atoms with van der Waals surface area (Å²) in [7, 11) is 0. The van der Waals surface area contributed by atoms with Gasteiger partial charge in [0, 0.05) is 6.54 Å². The molecule has 0 spiro atoms. The Kier molecular flexibility index (Phi) is 2.97. The van der Waals surface area contributed by atoms with E-state index in [0.29, 0.717) is 11.7 Å². The summed E-state index contributed by atoms with van der Waals surface area (Å²) in [6.07, 6.45) is 0. The first-order chi connectivity index (χ1) is 7.68. The van der Waals surface area contributed by atoms with Crippen molar-refractivity contribution < 1.29 is 9.90 Å². The van der Waals surface area contributed by atoms with E-state index in [1.54, 1.807) is 10.6 Å². The van der Waals surface area contributed by atoms with Crippen LogP contribution in [0.15, 0.2) is 42.5 Å². The van der Waals surface area contributed by atoms with Gasteiger partial charge in [-0.3, -0.25) is 0 Å². The molecule has 0 saturated heterocycles. The summed E-state index contributed by atoms with van der Waals surface area (Å²) in [6, 6.07) is 12.7. The number of nitrogens with zero attached hydrogens (tertiary/aromatic N) is 1. The third-order valence-electron chi connectivity index (χ3n) is 2.33. The fourth-order valence-electron chi connectivity index (χ4n) is 1.56. The Morgan fingerprint density at radius 2 is 1.88 bits per heavy atom. The Morgan fingerprint density at radius 1 is 1.19 bits per heavy atom. The predicted molar refractivity (Wildman–Crippen MR) is 61.9 cm³/mol. The van der Waals surface area contributed by atoms with Crippen LogP contribution in [0.2, 0.25) is 5.15 Å². The number of carboxylic acids is 1. The van der Waals surface area contributed by atoms with Gasteiger partial charge in [-0.1, -0.05) is 41.9 Å². The minimum atomic E-state index is -0.970. The van der Waals surface area contributed by atoms with Crippen molar-refractivity contribution in [3.8, 4) is 0 Å². The molecule has 1 heterocycles. The van der Waals surface area contributed by atoms with Crippen LogP contribution in [0.25, 0.3) is 0 Å². The molecule has 82 valence electrons. The van der Waals surface area contributed by atoms with Crippen LogP contribution in [0.3, 0.4) is 0 Å².